The Morgan fingerprint density at radius 2 is 2.16 bits per heavy atom. The normalized spacial score (nSPS) is 17.9. The number of halogens is 1. The van der Waals surface area contributed by atoms with E-state index < -0.39 is 10.7 Å². The van der Waals surface area contributed by atoms with Crippen molar-refractivity contribution in [1.29, 1.82) is 0 Å². The van der Waals surface area contributed by atoms with Gasteiger partial charge in [0.1, 0.15) is 5.82 Å². The third kappa shape index (κ3) is 2.97. The van der Waals surface area contributed by atoms with Crippen LogP contribution >= 0.6 is 0 Å². The maximum absolute atomic E-state index is 13.9. The molecule has 0 bridgehead atoms. The van der Waals surface area contributed by atoms with Crippen molar-refractivity contribution in [2.24, 2.45) is 0 Å². The van der Waals surface area contributed by atoms with E-state index in [2.05, 4.69) is 16.8 Å². The van der Waals surface area contributed by atoms with E-state index in [4.69, 9.17) is 0 Å². The molecule has 0 saturated carbocycles. The predicted molar refractivity (Wildman–Crippen MR) is 70.4 cm³/mol. The van der Waals surface area contributed by atoms with Crippen LogP contribution in [0.15, 0.2) is 30.9 Å². The second-order valence-electron chi connectivity index (χ2n) is 4.43. The summed E-state index contributed by atoms with van der Waals surface area (Å²) in [7, 11) is 0. The Labute approximate surface area is 110 Å². The molecule has 1 N–H and O–H groups in total. The first-order valence-corrected chi connectivity index (χ1v) is 6.14. The Balaban J connectivity index is 2.33. The fourth-order valence-electron chi connectivity index (χ4n) is 2.30. The molecule has 19 heavy (non-hydrogen) atoms. The van der Waals surface area contributed by atoms with Crippen LogP contribution in [0.2, 0.25) is 0 Å². The number of hydrogen-bond acceptors (Lipinski definition) is 4. The highest BCUT2D eigenvalue weighted by Crippen LogP contribution is 2.28. The molecule has 1 aliphatic rings. The first kappa shape index (κ1) is 13.6. The summed E-state index contributed by atoms with van der Waals surface area (Å²) in [4.78, 5) is 12.3. The molecule has 0 unspecified atom stereocenters. The van der Waals surface area contributed by atoms with Gasteiger partial charge in [0, 0.05) is 43.9 Å². The molecule has 6 heteroatoms. The van der Waals surface area contributed by atoms with Gasteiger partial charge in [-0.1, -0.05) is 6.08 Å². The minimum Gasteiger partial charge on any atom is -0.314 e. The number of piperazine rings is 1. The molecule has 0 amide bonds. The largest absolute Gasteiger partial charge is 0.314 e. The number of nitrogens with zero attached hydrogens (tertiary/aromatic N) is 2. The highest BCUT2D eigenvalue weighted by Gasteiger charge is 2.23. The van der Waals surface area contributed by atoms with Gasteiger partial charge in [0.2, 0.25) is 0 Å². The topological polar surface area (TPSA) is 58.4 Å². The third-order valence-electron chi connectivity index (χ3n) is 3.28. The van der Waals surface area contributed by atoms with Gasteiger partial charge in [-0.15, -0.1) is 6.58 Å². The highest BCUT2D eigenvalue weighted by molar-refractivity contribution is 5.38. The van der Waals surface area contributed by atoms with E-state index in [0.29, 0.717) is 5.56 Å². The molecule has 0 spiro atoms. The van der Waals surface area contributed by atoms with Crippen molar-refractivity contribution >= 4 is 5.69 Å². The van der Waals surface area contributed by atoms with Crippen LogP contribution in [0.3, 0.4) is 0 Å². The van der Waals surface area contributed by atoms with Crippen molar-refractivity contribution in [2.45, 2.75) is 6.04 Å². The van der Waals surface area contributed by atoms with Gasteiger partial charge in [-0.2, -0.15) is 0 Å². The fourth-order valence-corrected chi connectivity index (χ4v) is 2.30. The van der Waals surface area contributed by atoms with Gasteiger partial charge in [-0.3, -0.25) is 15.0 Å². The standard InChI is InChI=1S/C13H16FN3O2/c1-2-13(16-7-5-15-6-8-16)11-9-10(17(18)19)3-4-12(11)14/h2-4,9,13,15H,1,5-8H2/t13-/m0/s1. The smallest absolute Gasteiger partial charge is 0.269 e. The van der Waals surface area contributed by atoms with E-state index in [1.807, 2.05) is 0 Å². The number of hydrogen-bond donors (Lipinski definition) is 1. The van der Waals surface area contributed by atoms with E-state index >= 15 is 0 Å². The quantitative estimate of drug-likeness (QED) is 0.513. The van der Waals surface area contributed by atoms with Crippen molar-refractivity contribution in [3.05, 3.63) is 52.3 Å². The lowest BCUT2D eigenvalue weighted by atomic mass is 10.0. The molecule has 1 heterocycles. The minimum absolute atomic E-state index is 0.0987. The van der Waals surface area contributed by atoms with Crippen molar-refractivity contribution in [3.63, 3.8) is 0 Å². The Bertz CT molecular complexity index is 487. The molecule has 1 saturated heterocycles. The zero-order valence-electron chi connectivity index (χ0n) is 10.5. The van der Waals surface area contributed by atoms with E-state index in [0.717, 1.165) is 32.2 Å². The Kier molecular flexibility index (Phi) is 4.24. The molecule has 5 nitrogen and oxygen atoms in total. The number of non-ortho nitro benzene ring substituents is 1. The molecular weight excluding hydrogens is 249 g/mol. The van der Waals surface area contributed by atoms with Crippen LogP contribution in [-0.4, -0.2) is 36.0 Å². The molecule has 1 aromatic carbocycles. The number of nitro benzene ring substituents is 1. The molecule has 1 aliphatic heterocycles. The van der Waals surface area contributed by atoms with Crippen molar-refractivity contribution < 1.29 is 9.31 Å². The molecule has 1 fully saturated rings. The molecule has 1 atom stereocenters. The average Bonchev–Trinajstić information content (AvgIpc) is 2.42. The predicted octanol–water partition coefficient (Wildman–Crippen LogP) is 1.87. The van der Waals surface area contributed by atoms with Crippen LogP contribution in [-0.2, 0) is 0 Å². The first-order chi connectivity index (χ1) is 9.13. The van der Waals surface area contributed by atoms with Crippen LogP contribution < -0.4 is 5.32 Å². The second-order valence-corrected chi connectivity index (χ2v) is 4.43. The molecule has 1 aromatic rings. The van der Waals surface area contributed by atoms with Gasteiger partial charge >= 0.3 is 0 Å². The van der Waals surface area contributed by atoms with E-state index in [-0.39, 0.29) is 11.7 Å². The van der Waals surface area contributed by atoms with E-state index in [9.17, 15) is 14.5 Å². The summed E-state index contributed by atoms with van der Waals surface area (Å²) in [6.07, 6.45) is 1.63. The molecule has 0 radical (unpaired) electrons. The molecule has 2 rings (SSSR count). The van der Waals surface area contributed by atoms with E-state index in [1.165, 1.54) is 12.1 Å². The summed E-state index contributed by atoms with van der Waals surface area (Å²) in [5, 5.41) is 14.0. The average molecular weight is 265 g/mol. The number of benzene rings is 1. The highest BCUT2D eigenvalue weighted by atomic mass is 19.1. The summed E-state index contributed by atoms with van der Waals surface area (Å²) in [6, 6.07) is 3.29. The van der Waals surface area contributed by atoms with Crippen LogP contribution in [0.25, 0.3) is 0 Å². The summed E-state index contributed by atoms with van der Waals surface area (Å²) in [5.41, 5.74) is 0.212. The zero-order valence-corrected chi connectivity index (χ0v) is 10.5. The van der Waals surface area contributed by atoms with Crippen molar-refractivity contribution in [2.75, 3.05) is 26.2 Å². The lowest BCUT2D eigenvalue weighted by Gasteiger charge is -2.33. The summed E-state index contributed by atoms with van der Waals surface area (Å²) in [5.74, 6) is -0.436. The fraction of sp³-hybridized carbons (Fsp3) is 0.385. The lowest BCUT2D eigenvalue weighted by Crippen LogP contribution is -2.44. The molecular formula is C13H16FN3O2. The summed E-state index contributed by atoms with van der Waals surface area (Å²) >= 11 is 0. The van der Waals surface area contributed by atoms with Gasteiger partial charge in [0.15, 0.2) is 0 Å². The summed E-state index contributed by atoms with van der Waals surface area (Å²) < 4.78 is 13.9. The van der Waals surface area contributed by atoms with E-state index in [1.54, 1.807) is 6.08 Å². The maximum atomic E-state index is 13.9. The van der Waals surface area contributed by atoms with Crippen molar-refractivity contribution in [1.82, 2.24) is 10.2 Å². The van der Waals surface area contributed by atoms with Gasteiger partial charge < -0.3 is 5.32 Å². The number of rotatable bonds is 4. The Morgan fingerprint density at radius 1 is 1.47 bits per heavy atom. The molecule has 102 valence electrons. The van der Waals surface area contributed by atoms with Gasteiger partial charge in [-0.25, -0.2) is 4.39 Å². The number of nitro groups is 1. The third-order valence-corrected chi connectivity index (χ3v) is 3.28. The monoisotopic (exact) mass is 265 g/mol. The Hall–Kier alpha value is -1.79. The molecule has 0 aromatic heterocycles. The Morgan fingerprint density at radius 3 is 2.74 bits per heavy atom. The van der Waals surface area contributed by atoms with Crippen LogP contribution in [0, 0.1) is 15.9 Å². The van der Waals surface area contributed by atoms with Crippen molar-refractivity contribution in [3.8, 4) is 0 Å². The van der Waals surface area contributed by atoms with Gasteiger partial charge in [-0.05, 0) is 6.07 Å². The lowest BCUT2D eigenvalue weighted by molar-refractivity contribution is -0.385. The van der Waals surface area contributed by atoms with Crippen LogP contribution in [0.5, 0.6) is 0 Å². The van der Waals surface area contributed by atoms with Gasteiger partial charge in [0.05, 0.1) is 11.0 Å². The summed E-state index contributed by atoms with van der Waals surface area (Å²) in [6.45, 7) is 6.90. The number of nitrogens with one attached hydrogen (secondary N) is 1. The minimum atomic E-state index is -0.513. The van der Waals surface area contributed by atoms with Gasteiger partial charge in [0.25, 0.3) is 5.69 Å². The SMILES string of the molecule is C=C[C@@H](c1cc([N+](=O)[O-])ccc1F)N1CCNCC1. The zero-order chi connectivity index (χ0) is 13.8. The maximum Gasteiger partial charge on any atom is 0.269 e. The second kappa shape index (κ2) is 5.90. The van der Waals surface area contributed by atoms with Crippen LogP contribution in [0.1, 0.15) is 11.6 Å². The van der Waals surface area contributed by atoms with Crippen LogP contribution in [0.4, 0.5) is 10.1 Å². The molecule has 0 aliphatic carbocycles. The first-order valence-electron chi connectivity index (χ1n) is 6.14.